The van der Waals surface area contributed by atoms with E-state index in [2.05, 4.69) is 10.4 Å². The number of aromatic nitrogens is 1. The maximum absolute atomic E-state index is 15.3. The van der Waals surface area contributed by atoms with Crippen molar-refractivity contribution >= 4 is 52.0 Å². The molecule has 1 aliphatic heterocycles. The zero-order valence-electron chi connectivity index (χ0n) is 20.0. The quantitative estimate of drug-likeness (QED) is 0.335. The SMILES string of the molecule is CCn1cc(C(=O)O)c(=O)c2cc(F)c(NN3C(=O)/C(=C\c4ccccc4Cl)N=C3c3ccccc3)cc21. The van der Waals surface area contributed by atoms with E-state index in [1.165, 1.54) is 16.8 Å². The molecule has 1 amide bonds. The number of aryl methyl sites for hydroxylation is 1. The van der Waals surface area contributed by atoms with E-state index in [0.29, 0.717) is 28.2 Å². The number of carbonyl (C=O) groups excluding carboxylic acids is 1. The molecule has 8 nitrogen and oxygen atoms in total. The summed E-state index contributed by atoms with van der Waals surface area (Å²) in [6, 6.07) is 18.2. The summed E-state index contributed by atoms with van der Waals surface area (Å²) in [6.07, 6.45) is 2.77. The van der Waals surface area contributed by atoms with Crippen LogP contribution in [0.5, 0.6) is 0 Å². The Balaban J connectivity index is 1.62. The first-order valence-electron chi connectivity index (χ1n) is 11.6. The van der Waals surface area contributed by atoms with Gasteiger partial charge in [0.2, 0.25) is 5.43 Å². The van der Waals surface area contributed by atoms with Crippen LogP contribution in [0.2, 0.25) is 5.02 Å². The van der Waals surface area contributed by atoms with Gasteiger partial charge in [-0.1, -0.05) is 60.1 Å². The second-order valence-corrected chi connectivity index (χ2v) is 8.82. The number of carbonyl (C=O) groups is 2. The molecule has 1 aliphatic rings. The maximum Gasteiger partial charge on any atom is 0.341 e. The number of amidine groups is 1. The smallest absolute Gasteiger partial charge is 0.341 e. The number of carboxylic acids is 1. The Morgan fingerprint density at radius 2 is 1.82 bits per heavy atom. The molecule has 0 aliphatic carbocycles. The predicted molar refractivity (Wildman–Crippen MR) is 144 cm³/mol. The highest BCUT2D eigenvalue weighted by Crippen LogP contribution is 2.28. The van der Waals surface area contributed by atoms with Crippen molar-refractivity contribution in [3.05, 3.63) is 116 Å². The molecule has 2 heterocycles. The highest BCUT2D eigenvalue weighted by molar-refractivity contribution is 6.32. The van der Waals surface area contributed by atoms with Crippen molar-refractivity contribution in [3.63, 3.8) is 0 Å². The van der Waals surface area contributed by atoms with Crippen LogP contribution >= 0.6 is 11.6 Å². The zero-order chi connectivity index (χ0) is 27.0. The first kappa shape index (κ1) is 24.9. The summed E-state index contributed by atoms with van der Waals surface area (Å²) in [6.45, 7) is 2.09. The summed E-state index contributed by atoms with van der Waals surface area (Å²) in [5.41, 5.74) is 3.05. The van der Waals surface area contributed by atoms with Crippen LogP contribution < -0.4 is 10.9 Å². The van der Waals surface area contributed by atoms with Crippen LogP contribution in [0.25, 0.3) is 17.0 Å². The second kappa shape index (κ2) is 9.95. The number of pyridine rings is 1. The summed E-state index contributed by atoms with van der Waals surface area (Å²) in [5.74, 6) is -2.55. The van der Waals surface area contributed by atoms with Gasteiger partial charge in [0.25, 0.3) is 5.91 Å². The minimum Gasteiger partial charge on any atom is -0.477 e. The van der Waals surface area contributed by atoms with Crippen LogP contribution in [0.1, 0.15) is 28.4 Å². The maximum atomic E-state index is 15.3. The van der Waals surface area contributed by atoms with Crippen molar-refractivity contribution in [1.29, 1.82) is 0 Å². The number of carboxylic acid groups (broad SMARTS) is 1. The number of halogens is 2. The molecule has 0 saturated heterocycles. The number of hydrazine groups is 1. The number of hydrogen-bond donors (Lipinski definition) is 2. The van der Waals surface area contributed by atoms with Gasteiger partial charge in [-0.25, -0.2) is 14.2 Å². The Bertz CT molecular complexity index is 1730. The van der Waals surface area contributed by atoms with E-state index < -0.39 is 28.7 Å². The lowest BCUT2D eigenvalue weighted by Crippen LogP contribution is -2.38. The Kier molecular flexibility index (Phi) is 6.52. The molecule has 0 fully saturated rings. The minimum absolute atomic E-state index is 0.0844. The average Bonchev–Trinajstić information content (AvgIpc) is 3.21. The number of fused-ring (bicyclic) bond motifs is 1. The molecule has 0 unspecified atom stereocenters. The summed E-state index contributed by atoms with van der Waals surface area (Å²) in [5, 5.41) is 10.9. The van der Waals surface area contributed by atoms with Crippen molar-refractivity contribution < 1.29 is 19.1 Å². The van der Waals surface area contributed by atoms with E-state index in [1.807, 2.05) is 6.07 Å². The number of rotatable bonds is 6. The number of aromatic carboxylic acids is 1. The number of amides is 1. The fourth-order valence-corrected chi connectivity index (χ4v) is 4.36. The van der Waals surface area contributed by atoms with Crippen LogP contribution in [0.3, 0.4) is 0 Å². The number of nitrogens with zero attached hydrogens (tertiary/aromatic N) is 3. The van der Waals surface area contributed by atoms with Crippen molar-refractivity contribution in [2.45, 2.75) is 13.5 Å². The number of aliphatic imine (C=N–C) groups is 1. The van der Waals surface area contributed by atoms with Gasteiger partial charge in [0, 0.05) is 28.7 Å². The van der Waals surface area contributed by atoms with E-state index in [0.717, 1.165) is 11.1 Å². The van der Waals surface area contributed by atoms with Crippen molar-refractivity contribution in [3.8, 4) is 0 Å². The van der Waals surface area contributed by atoms with Gasteiger partial charge in [0.1, 0.15) is 17.1 Å². The number of hydrogen-bond acceptors (Lipinski definition) is 5. The second-order valence-electron chi connectivity index (χ2n) is 8.42. The number of nitrogens with one attached hydrogen (secondary N) is 1. The van der Waals surface area contributed by atoms with Crippen LogP contribution in [0.15, 0.2) is 88.4 Å². The van der Waals surface area contributed by atoms with E-state index in [4.69, 9.17) is 11.6 Å². The van der Waals surface area contributed by atoms with E-state index in [9.17, 15) is 19.5 Å². The molecule has 0 spiro atoms. The van der Waals surface area contributed by atoms with Gasteiger partial charge in [-0.15, -0.1) is 0 Å². The van der Waals surface area contributed by atoms with Gasteiger partial charge in [-0.3, -0.25) is 15.0 Å². The molecule has 10 heteroatoms. The predicted octanol–water partition coefficient (Wildman–Crippen LogP) is 5.17. The molecule has 3 aromatic carbocycles. The van der Waals surface area contributed by atoms with Gasteiger partial charge < -0.3 is 9.67 Å². The summed E-state index contributed by atoms with van der Waals surface area (Å²) in [7, 11) is 0. The third-order valence-corrected chi connectivity index (χ3v) is 6.41. The summed E-state index contributed by atoms with van der Waals surface area (Å²) in [4.78, 5) is 42.2. The Morgan fingerprint density at radius 3 is 2.50 bits per heavy atom. The molecule has 1 aromatic heterocycles. The third kappa shape index (κ3) is 4.44. The largest absolute Gasteiger partial charge is 0.477 e. The number of benzene rings is 3. The fourth-order valence-electron chi connectivity index (χ4n) is 4.17. The van der Waals surface area contributed by atoms with E-state index in [1.54, 1.807) is 61.5 Å². The molecule has 5 rings (SSSR count). The van der Waals surface area contributed by atoms with Gasteiger partial charge in [0.05, 0.1) is 11.2 Å². The lowest BCUT2D eigenvalue weighted by atomic mass is 10.1. The van der Waals surface area contributed by atoms with Crippen LogP contribution in [-0.2, 0) is 11.3 Å². The van der Waals surface area contributed by atoms with Gasteiger partial charge in [-0.05, 0) is 36.8 Å². The topological polar surface area (TPSA) is 104 Å². The van der Waals surface area contributed by atoms with Crippen LogP contribution in [-0.4, -0.2) is 32.4 Å². The Morgan fingerprint density at radius 1 is 1.11 bits per heavy atom. The molecule has 0 saturated carbocycles. The standard InChI is InChI=1S/C28H20ClFN4O4/c1-2-33-15-19(28(37)38)25(35)18-13-21(30)22(14-24(18)33)32-34-26(16-8-4-3-5-9-16)31-23(27(34)36)12-17-10-6-7-11-20(17)29/h3-15,32H,2H2,1H3,(H,37,38)/b23-12+. The van der Waals surface area contributed by atoms with Crippen LogP contribution in [0.4, 0.5) is 10.1 Å². The zero-order valence-corrected chi connectivity index (χ0v) is 20.7. The fraction of sp³-hybridized carbons (Fsp3) is 0.0714. The first-order chi connectivity index (χ1) is 18.3. The lowest BCUT2D eigenvalue weighted by Gasteiger charge is -2.21. The van der Waals surface area contributed by atoms with E-state index in [-0.39, 0.29) is 22.6 Å². The van der Waals surface area contributed by atoms with Gasteiger partial charge in [-0.2, -0.15) is 5.01 Å². The van der Waals surface area contributed by atoms with Gasteiger partial charge in [0.15, 0.2) is 5.84 Å². The van der Waals surface area contributed by atoms with Gasteiger partial charge >= 0.3 is 5.97 Å². The van der Waals surface area contributed by atoms with Crippen molar-refractivity contribution in [2.24, 2.45) is 4.99 Å². The molecule has 190 valence electrons. The lowest BCUT2D eigenvalue weighted by molar-refractivity contribution is -0.121. The molecule has 2 N–H and O–H groups in total. The first-order valence-corrected chi connectivity index (χ1v) is 12.0. The van der Waals surface area contributed by atoms with Crippen molar-refractivity contribution in [1.82, 2.24) is 9.58 Å². The monoisotopic (exact) mass is 530 g/mol. The highest BCUT2D eigenvalue weighted by atomic mass is 35.5. The normalized spacial score (nSPS) is 14.3. The molecular formula is C28H20ClFN4O4. The van der Waals surface area contributed by atoms with E-state index >= 15 is 4.39 Å². The molecular weight excluding hydrogens is 511 g/mol. The molecule has 0 bridgehead atoms. The number of anilines is 1. The molecule has 4 aromatic rings. The third-order valence-electron chi connectivity index (χ3n) is 6.06. The Labute approximate surface area is 220 Å². The summed E-state index contributed by atoms with van der Waals surface area (Å²) >= 11 is 6.27. The van der Waals surface area contributed by atoms with Crippen molar-refractivity contribution in [2.75, 3.05) is 5.43 Å². The van der Waals surface area contributed by atoms with Crippen LogP contribution in [0, 0.1) is 5.82 Å². The summed E-state index contributed by atoms with van der Waals surface area (Å²) < 4.78 is 16.8. The minimum atomic E-state index is -1.40. The molecule has 0 atom stereocenters. The average molecular weight is 531 g/mol. The highest BCUT2D eigenvalue weighted by Gasteiger charge is 2.32. The molecule has 0 radical (unpaired) electrons. The molecule has 38 heavy (non-hydrogen) atoms. The Hall–Kier alpha value is -4.76.